The predicted octanol–water partition coefficient (Wildman–Crippen LogP) is 7.23. The third-order valence-electron chi connectivity index (χ3n) is 6.83. The van der Waals surface area contributed by atoms with Crippen molar-refractivity contribution in [2.75, 3.05) is 0 Å². The number of alkyl halides is 3. The summed E-state index contributed by atoms with van der Waals surface area (Å²) in [5, 5.41) is -1.19. The molecule has 0 unspecified atom stereocenters. The van der Waals surface area contributed by atoms with Gasteiger partial charge in [0.05, 0.1) is 5.92 Å². The summed E-state index contributed by atoms with van der Waals surface area (Å²) in [7, 11) is 0. The van der Waals surface area contributed by atoms with Gasteiger partial charge in [-0.25, -0.2) is 0 Å². The van der Waals surface area contributed by atoms with E-state index in [1.54, 1.807) is 13.8 Å². The van der Waals surface area contributed by atoms with E-state index in [-0.39, 0.29) is 6.61 Å². The van der Waals surface area contributed by atoms with Crippen molar-refractivity contribution >= 4 is 17.6 Å². The van der Waals surface area contributed by atoms with E-state index < -0.39 is 34.4 Å². The molecule has 2 aliphatic rings. The molecule has 1 fully saturated rings. The topological polar surface area (TPSA) is 26.3 Å². The number of hydrogen-bond acceptors (Lipinski definition) is 2. The Morgan fingerprint density at radius 2 is 1.78 bits per heavy atom. The van der Waals surface area contributed by atoms with Crippen molar-refractivity contribution in [3.8, 4) is 11.1 Å². The van der Waals surface area contributed by atoms with Crippen LogP contribution in [0.25, 0.3) is 11.1 Å². The average molecular weight is 463 g/mol. The fraction of sp³-hybridized carbons (Fsp3) is 0.423. The fourth-order valence-electron chi connectivity index (χ4n) is 4.87. The monoisotopic (exact) mass is 462 g/mol. The molecule has 2 atom stereocenters. The van der Waals surface area contributed by atoms with Crippen LogP contribution in [0.2, 0.25) is 0 Å². The van der Waals surface area contributed by atoms with Crippen LogP contribution in [0.1, 0.15) is 43.4 Å². The van der Waals surface area contributed by atoms with Gasteiger partial charge in [0.15, 0.2) is 0 Å². The van der Waals surface area contributed by atoms with Gasteiger partial charge in [-0.1, -0.05) is 74.0 Å². The Balaban J connectivity index is 1.52. The van der Waals surface area contributed by atoms with Gasteiger partial charge in [0.2, 0.25) is 0 Å². The van der Waals surface area contributed by atoms with E-state index in [9.17, 15) is 18.0 Å². The Bertz CT molecular complexity index is 1060. The number of halogens is 4. The van der Waals surface area contributed by atoms with Gasteiger partial charge in [0.1, 0.15) is 11.6 Å². The average Bonchev–Trinajstić information content (AvgIpc) is 3.27. The van der Waals surface area contributed by atoms with Gasteiger partial charge >= 0.3 is 12.1 Å². The van der Waals surface area contributed by atoms with Crippen LogP contribution in [-0.4, -0.2) is 12.1 Å². The lowest BCUT2D eigenvalue weighted by atomic mass is 9.86. The van der Waals surface area contributed by atoms with E-state index in [0.29, 0.717) is 0 Å². The van der Waals surface area contributed by atoms with Crippen molar-refractivity contribution in [3.63, 3.8) is 0 Å². The smallest absolute Gasteiger partial charge is 0.426 e. The molecule has 0 saturated heterocycles. The Morgan fingerprint density at radius 1 is 1.09 bits per heavy atom. The van der Waals surface area contributed by atoms with Crippen LogP contribution in [0.4, 0.5) is 13.2 Å². The van der Waals surface area contributed by atoms with E-state index in [1.165, 1.54) is 22.3 Å². The first-order valence-electron chi connectivity index (χ1n) is 10.9. The summed E-state index contributed by atoms with van der Waals surface area (Å²) in [6, 6.07) is 14.4. The molecule has 0 spiro atoms. The molecular weight excluding hydrogens is 437 g/mol. The number of benzene rings is 2. The first-order chi connectivity index (χ1) is 15.1. The van der Waals surface area contributed by atoms with Crippen molar-refractivity contribution in [2.24, 2.45) is 17.3 Å². The summed E-state index contributed by atoms with van der Waals surface area (Å²) in [6.45, 7) is 3.63. The minimum Gasteiger partial charge on any atom is -0.461 e. The van der Waals surface area contributed by atoms with Crippen LogP contribution in [0.3, 0.4) is 0 Å². The van der Waals surface area contributed by atoms with Crippen molar-refractivity contribution in [1.29, 1.82) is 0 Å². The fourth-order valence-corrected chi connectivity index (χ4v) is 5.00. The summed E-state index contributed by atoms with van der Waals surface area (Å²) in [5.41, 5.74) is 5.21. The number of rotatable bonds is 4. The Morgan fingerprint density at radius 3 is 2.53 bits per heavy atom. The second-order valence-corrected chi connectivity index (χ2v) is 9.66. The highest BCUT2D eigenvalue weighted by Crippen LogP contribution is 2.60. The maximum Gasteiger partial charge on any atom is 0.426 e. The van der Waals surface area contributed by atoms with Crippen LogP contribution in [-0.2, 0) is 29.0 Å². The molecule has 32 heavy (non-hydrogen) atoms. The summed E-state index contributed by atoms with van der Waals surface area (Å²) >= 11 is 5.40. The van der Waals surface area contributed by atoms with Gasteiger partial charge in [0.25, 0.3) is 0 Å². The summed E-state index contributed by atoms with van der Waals surface area (Å²) in [6.07, 6.45) is 0.424. The molecule has 0 aromatic heterocycles. The maximum atomic E-state index is 12.8. The molecule has 4 rings (SSSR count). The highest BCUT2D eigenvalue weighted by atomic mass is 35.5. The quantitative estimate of drug-likeness (QED) is 0.448. The Kier molecular flexibility index (Phi) is 6.15. The van der Waals surface area contributed by atoms with Crippen molar-refractivity contribution < 1.29 is 22.7 Å². The standard InChI is InChI=1S/C26H26ClF3O2/c1-25(2)21(14-22(27)26(28,29)30)23(25)24(31)32-15-17-10-7-13-20-18-11-5-3-8-16(18)9-4-6-12-19(17)20/h3,5,7-8,10-11,13-14,21,23H,4,6,9,12,15H2,1-2H3/t21-,23-/m1/s1. The van der Waals surface area contributed by atoms with Crippen LogP contribution in [0.15, 0.2) is 53.6 Å². The van der Waals surface area contributed by atoms with Gasteiger partial charge in [-0.15, -0.1) is 0 Å². The van der Waals surface area contributed by atoms with Gasteiger partial charge in [-0.05, 0) is 64.8 Å². The molecule has 0 radical (unpaired) electrons. The number of allylic oxidation sites excluding steroid dienone is 2. The first-order valence-corrected chi connectivity index (χ1v) is 11.3. The Labute approximate surface area is 191 Å². The molecule has 2 aliphatic carbocycles. The highest BCUT2D eigenvalue weighted by molar-refractivity contribution is 6.30. The number of aryl methyl sites for hydroxylation is 1. The third kappa shape index (κ3) is 4.45. The third-order valence-corrected chi connectivity index (χ3v) is 7.17. The van der Waals surface area contributed by atoms with Gasteiger partial charge in [-0.2, -0.15) is 13.2 Å². The molecule has 6 heteroatoms. The van der Waals surface area contributed by atoms with E-state index in [4.69, 9.17) is 16.3 Å². The first kappa shape index (κ1) is 22.9. The van der Waals surface area contributed by atoms with Crippen molar-refractivity contribution in [1.82, 2.24) is 0 Å². The van der Waals surface area contributed by atoms with E-state index in [2.05, 4.69) is 24.3 Å². The number of fused-ring (bicyclic) bond motifs is 3. The number of carbonyl (C=O) groups is 1. The lowest BCUT2D eigenvalue weighted by Gasteiger charge is -2.20. The number of hydrogen-bond donors (Lipinski definition) is 0. The molecule has 1 saturated carbocycles. The summed E-state index contributed by atoms with van der Waals surface area (Å²) < 4.78 is 44.0. The molecular formula is C26H26ClF3O2. The van der Waals surface area contributed by atoms with Crippen molar-refractivity contribution in [3.05, 3.63) is 70.3 Å². The zero-order valence-corrected chi connectivity index (χ0v) is 18.9. The SMILES string of the molecule is CC1(C)[C@H](C=C(Cl)C(F)(F)F)[C@@H]1C(=O)OCc1cccc2c1CCCCc1ccccc1-2. The van der Waals surface area contributed by atoms with E-state index >= 15 is 0 Å². The van der Waals surface area contributed by atoms with Crippen LogP contribution in [0, 0.1) is 17.3 Å². The summed E-state index contributed by atoms with van der Waals surface area (Å²) in [4.78, 5) is 12.7. The minimum absolute atomic E-state index is 0.111. The number of esters is 1. The van der Waals surface area contributed by atoms with Gasteiger partial charge in [-0.3, -0.25) is 4.79 Å². The second-order valence-electron chi connectivity index (χ2n) is 9.25. The lowest BCUT2D eigenvalue weighted by molar-refractivity contribution is -0.147. The van der Waals surface area contributed by atoms with Crippen molar-refractivity contribution in [2.45, 2.75) is 52.3 Å². The second kappa shape index (κ2) is 8.58. The van der Waals surface area contributed by atoms with Gasteiger partial charge < -0.3 is 4.74 Å². The summed E-state index contributed by atoms with van der Waals surface area (Å²) in [5.74, 6) is -1.70. The normalized spacial score (nSPS) is 22.2. The molecule has 2 nitrogen and oxygen atoms in total. The molecule has 0 heterocycles. The number of carbonyl (C=O) groups excluding carboxylic acids is 1. The van der Waals surface area contributed by atoms with E-state index in [1.807, 2.05) is 18.2 Å². The van der Waals surface area contributed by atoms with Crippen LogP contribution >= 0.6 is 11.6 Å². The highest BCUT2D eigenvalue weighted by Gasteiger charge is 2.62. The van der Waals surface area contributed by atoms with Crippen LogP contribution < -0.4 is 0 Å². The largest absolute Gasteiger partial charge is 0.461 e. The molecule has 0 amide bonds. The molecule has 0 N–H and O–H groups in total. The molecule has 2 aromatic carbocycles. The molecule has 0 bridgehead atoms. The lowest BCUT2D eigenvalue weighted by Crippen LogP contribution is -2.12. The van der Waals surface area contributed by atoms with E-state index in [0.717, 1.165) is 37.3 Å². The zero-order valence-electron chi connectivity index (χ0n) is 18.1. The maximum absolute atomic E-state index is 12.8. The number of ether oxygens (including phenoxy) is 1. The molecule has 170 valence electrons. The van der Waals surface area contributed by atoms with Gasteiger partial charge in [0, 0.05) is 0 Å². The molecule has 0 aliphatic heterocycles. The zero-order chi connectivity index (χ0) is 23.1. The minimum atomic E-state index is -4.61. The Hall–Kier alpha value is -2.27. The molecule has 2 aromatic rings. The van der Waals surface area contributed by atoms with Crippen LogP contribution in [0.5, 0.6) is 0 Å². The predicted molar refractivity (Wildman–Crippen MR) is 119 cm³/mol.